The second-order valence-electron chi connectivity index (χ2n) is 10.9. The van der Waals surface area contributed by atoms with Gasteiger partial charge in [0, 0.05) is 41.8 Å². The van der Waals surface area contributed by atoms with Crippen molar-refractivity contribution < 1.29 is 37.7 Å². The van der Waals surface area contributed by atoms with Crippen LogP contribution < -0.4 is 10.1 Å². The van der Waals surface area contributed by atoms with Crippen LogP contribution in [-0.4, -0.2) is 47.7 Å². The van der Waals surface area contributed by atoms with Crippen LogP contribution in [0.25, 0.3) is 28.3 Å². The van der Waals surface area contributed by atoms with E-state index < -0.39 is 35.4 Å². The summed E-state index contributed by atoms with van der Waals surface area (Å²) >= 11 is 0. The van der Waals surface area contributed by atoms with Gasteiger partial charge in [0.15, 0.2) is 5.78 Å². The summed E-state index contributed by atoms with van der Waals surface area (Å²) in [5.41, 5.74) is 3.38. The van der Waals surface area contributed by atoms with Gasteiger partial charge in [-0.1, -0.05) is 48.5 Å². The first-order valence-electron chi connectivity index (χ1n) is 14.7. The zero-order valence-corrected chi connectivity index (χ0v) is 26.1. The lowest BCUT2D eigenvalue weighted by molar-refractivity contribution is -0.143. The van der Waals surface area contributed by atoms with Crippen LogP contribution in [0.15, 0.2) is 78.9 Å². The molecule has 46 heavy (non-hydrogen) atoms. The van der Waals surface area contributed by atoms with Crippen molar-refractivity contribution in [3.05, 3.63) is 107 Å². The molecule has 0 spiro atoms. The maximum absolute atomic E-state index is 14.8. The third-order valence-corrected chi connectivity index (χ3v) is 7.36. The molecule has 240 valence electrons. The number of aromatic nitrogens is 1. The second kappa shape index (κ2) is 15.3. The number of halogens is 2. The van der Waals surface area contributed by atoms with Gasteiger partial charge in [0.1, 0.15) is 23.1 Å². The van der Waals surface area contributed by atoms with E-state index in [0.29, 0.717) is 33.7 Å². The summed E-state index contributed by atoms with van der Waals surface area (Å²) in [6, 6.07) is 19.0. The first-order chi connectivity index (χ1) is 22.0. The van der Waals surface area contributed by atoms with Crippen molar-refractivity contribution in [3.63, 3.8) is 0 Å². The van der Waals surface area contributed by atoms with Crippen molar-refractivity contribution in [2.24, 2.45) is 0 Å². The SMILES string of the molecule is COC(=O)C[C@H](O)CC(=O)/C=C/c1c(-c2ccc(F)cc2)c(-c2ccccc2)c(C(=O)NCc2ccc(OC)cc2F)n1C(C)C. The van der Waals surface area contributed by atoms with E-state index in [4.69, 9.17) is 4.74 Å². The summed E-state index contributed by atoms with van der Waals surface area (Å²) in [4.78, 5) is 38.6. The van der Waals surface area contributed by atoms with Crippen LogP contribution >= 0.6 is 0 Å². The Labute approximate surface area is 266 Å². The van der Waals surface area contributed by atoms with E-state index in [1.807, 2.05) is 44.2 Å². The quantitative estimate of drug-likeness (QED) is 0.129. The summed E-state index contributed by atoms with van der Waals surface area (Å²) in [5, 5.41) is 13.1. The molecule has 0 saturated carbocycles. The van der Waals surface area contributed by atoms with Crippen molar-refractivity contribution in [2.45, 2.75) is 45.4 Å². The number of allylic oxidation sites excluding steroid dienone is 1. The Hall–Kier alpha value is -5.09. The lowest BCUT2D eigenvalue weighted by atomic mass is 9.94. The number of ketones is 1. The maximum atomic E-state index is 14.8. The minimum absolute atomic E-state index is 0.111. The number of esters is 1. The van der Waals surface area contributed by atoms with Crippen LogP contribution in [0.1, 0.15) is 54.5 Å². The van der Waals surface area contributed by atoms with Gasteiger partial charge in [-0.05, 0) is 55.3 Å². The fourth-order valence-electron chi connectivity index (χ4n) is 5.20. The molecule has 3 aromatic carbocycles. The molecule has 0 aliphatic carbocycles. The van der Waals surface area contributed by atoms with Crippen LogP contribution in [0.4, 0.5) is 8.78 Å². The first-order valence-corrected chi connectivity index (χ1v) is 14.7. The topological polar surface area (TPSA) is 107 Å². The molecule has 0 bridgehead atoms. The van der Waals surface area contributed by atoms with Crippen molar-refractivity contribution in [1.29, 1.82) is 0 Å². The molecule has 0 aliphatic heterocycles. The lowest BCUT2D eigenvalue weighted by Crippen LogP contribution is -2.27. The molecule has 0 radical (unpaired) electrons. The fraction of sp³-hybridized carbons (Fsp3) is 0.250. The van der Waals surface area contributed by atoms with Crippen LogP contribution in [-0.2, 0) is 20.9 Å². The summed E-state index contributed by atoms with van der Waals surface area (Å²) in [7, 11) is 2.63. The number of nitrogens with one attached hydrogen (secondary N) is 1. The number of ether oxygens (including phenoxy) is 2. The number of benzene rings is 3. The molecular weight excluding hydrogens is 594 g/mol. The van der Waals surface area contributed by atoms with E-state index in [-0.39, 0.29) is 36.7 Å². The van der Waals surface area contributed by atoms with Gasteiger partial charge in [0.2, 0.25) is 0 Å². The van der Waals surface area contributed by atoms with Gasteiger partial charge >= 0.3 is 5.97 Å². The van der Waals surface area contributed by atoms with Crippen molar-refractivity contribution >= 4 is 23.7 Å². The van der Waals surface area contributed by atoms with E-state index in [9.17, 15) is 28.3 Å². The standard InChI is InChI=1S/C36H36F2N2O6/c1-22(2)40-31(17-15-27(41)18-28(42)19-32(43)46-4)33(24-10-13-26(37)14-11-24)34(23-8-6-5-7-9-23)35(40)36(44)39-21-25-12-16-29(45-3)20-30(25)38/h5-17,20,22,28,42H,18-19,21H2,1-4H3,(H,39,44)/b17-15+/t28-/m1/s1. The molecule has 4 rings (SSSR count). The molecule has 0 saturated heterocycles. The number of hydrogen-bond acceptors (Lipinski definition) is 6. The van der Waals surface area contributed by atoms with E-state index in [2.05, 4.69) is 10.1 Å². The van der Waals surface area contributed by atoms with E-state index in [1.54, 1.807) is 28.8 Å². The molecule has 4 aromatic rings. The average Bonchev–Trinajstić information content (AvgIpc) is 3.39. The Morgan fingerprint density at radius 3 is 2.20 bits per heavy atom. The van der Waals surface area contributed by atoms with Gasteiger partial charge in [-0.3, -0.25) is 14.4 Å². The Morgan fingerprint density at radius 2 is 1.59 bits per heavy atom. The largest absolute Gasteiger partial charge is 0.497 e. The Balaban J connectivity index is 1.88. The summed E-state index contributed by atoms with van der Waals surface area (Å²) in [5.74, 6) is -2.23. The van der Waals surface area contributed by atoms with Gasteiger partial charge in [0.05, 0.1) is 32.4 Å². The molecule has 1 amide bonds. The lowest BCUT2D eigenvalue weighted by Gasteiger charge is -2.17. The highest BCUT2D eigenvalue weighted by Gasteiger charge is 2.29. The smallest absolute Gasteiger partial charge is 0.308 e. The molecule has 8 nitrogen and oxygen atoms in total. The fourth-order valence-corrected chi connectivity index (χ4v) is 5.20. The van der Waals surface area contributed by atoms with E-state index in [0.717, 1.165) is 0 Å². The Bertz CT molecular complexity index is 1730. The van der Waals surface area contributed by atoms with Crippen molar-refractivity contribution in [3.8, 4) is 28.0 Å². The van der Waals surface area contributed by atoms with Gasteiger partial charge in [0.25, 0.3) is 5.91 Å². The molecule has 1 aromatic heterocycles. The van der Waals surface area contributed by atoms with Crippen LogP contribution in [0.3, 0.4) is 0 Å². The Morgan fingerprint density at radius 1 is 0.913 bits per heavy atom. The highest BCUT2D eigenvalue weighted by Crippen LogP contribution is 2.42. The number of amides is 1. The summed E-state index contributed by atoms with van der Waals surface area (Å²) < 4.78 is 40.3. The van der Waals surface area contributed by atoms with Crippen LogP contribution in [0, 0.1) is 11.6 Å². The number of aliphatic hydroxyl groups is 1. The van der Waals surface area contributed by atoms with Crippen molar-refractivity contribution in [1.82, 2.24) is 9.88 Å². The molecule has 2 N–H and O–H groups in total. The molecule has 0 aliphatic rings. The second-order valence-corrected chi connectivity index (χ2v) is 10.9. The van der Waals surface area contributed by atoms with E-state index in [1.165, 1.54) is 44.6 Å². The summed E-state index contributed by atoms with van der Waals surface area (Å²) in [6.07, 6.45) is 0.934. The third kappa shape index (κ3) is 7.94. The monoisotopic (exact) mass is 630 g/mol. The normalized spacial score (nSPS) is 11.9. The summed E-state index contributed by atoms with van der Waals surface area (Å²) in [6.45, 7) is 3.64. The van der Waals surface area contributed by atoms with E-state index >= 15 is 0 Å². The number of nitrogens with zero attached hydrogens (tertiary/aromatic N) is 1. The third-order valence-electron chi connectivity index (χ3n) is 7.36. The molecule has 0 unspecified atom stereocenters. The highest BCUT2D eigenvalue weighted by atomic mass is 19.1. The average molecular weight is 631 g/mol. The molecule has 10 heteroatoms. The van der Waals surface area contributed by atoms with Crippen LogP contribution in [0.5, 0.6) is 5.75 Å². The number of rotatable bonds is 13. The zero-order chi connectivity index (χ0) is 33.4. The van der Waals surface area contributed by atoms with Gasteiger partial charge in [-0.2, -0.15) is 0 Å². The minimum atomic E-state index is -1.24. The highest BCUT2D eigenvalue weighted by molar-refractivity contribution is 6.07. The minimum Gasteiger partial charge on any atom is -0.497 e. The van der Waals surface area contributed by atoms with Crippen LogP contribution in [0.2, 0.25) is 0 Å². The Kier molecular flexibility index (Phi) is 11.2. The molecule has 1 atom stereocenters. The number of carbonyl (C=O) groups excluding carboxylic acids is 3. The predicted octanol–water partition coefficient (Wildman–Crippen LogP) is 6.52. The van der Waals surface area contributed by atoms with Gasteiger partial charge in [-0.25, -0.2) is 8.78 Å². The van der Waals surface area contributed by atoms with Crippen molar-refractivity contribution in [2.75, 3.05) is 14.2 Å². The zero-order valence-electron chi connectivity index (χ0n) is 26.1. The predicted molar refractivity (Wildman–Crippen MR) is 171 cm³/mol. The van der Waals surface area contributed by atoms with Gasteiger partial charge < -0.3 is 24.5 Å². The number of hydrogen-bond donors (Lipinski definition) is 2. The molecule has 0 fully saturated rings. The maximum Gasteiger partial charge on any atom is 0.308 e. The van der Waals surface area contributed by atoms with Gasteiger partial charge in [-0.15, -0.1) is 0 Å². The molecular formula is C36H36F2N2O6. The molecule has 1 heterocycles. The first kappa shape index (κ1) is 33.8. The number of carbonyl (C=O) groups is 3. The number of methoxy groups -OCH3 is 2. The number of aliphatic hydroxyl groups excluding tert-OH is 1.